The number of hydrogen-bond donors (Lipinski definition) is 1. The minimum atomic E-state index is -1.09. The van der Waals surface area contributed by atoms with Crippen molar-refractivity contribution in [2.45, 2.75) is 44.6 Å². The third-order valence-electron chi connectivity index (χ3n) is 5.00. The summed E-state index contributed by atoms with van der Waals surface area (Å²) in [5.74, 6) is 0.589. The first-order valence-electron chi connectivity index (χ1n) is 8.95. The van der Waals surface area contributed by atoms with Crippen molar-refractivity contribution in [3.05, 3.63) is 30.2 Å². The van der Waals surface area contributed by atoms with Crippen LogP contribution in [-0.2, 0) is 16.0 Å². The van der Waals surface area contributed by atoms with Crippen LogP contribution in [0.15, 0.2) is 28.8 Å². The Labute approximate surface area is 157 Å². The first-order chi connectivity index (χ1) is 12.9. The first kappa shape index (κ1) is 18.9. The molecule has 0 bridgehead atoms. The van der Waals surface area contributed by atoms with Gasteiger partial charge in [-0.1, -0.05) is 5.16 Å². The molecule has 1 aromatic heterocycles. The van der Waals surface area contributed by atoms with Crippen molar-refractivity contribution in [2.75, 3.05) is 13.7 Å². The fraction of sp³-hybridized carbons (Fsp3) is 0.474. The predicted molar refractivity (Wildman–Crippen MR) is 96.2 cm³/mol. The Hall–Kier alpha value is -2.90. The van der Waals surface area contributed by atoms with Crippen LogP contribution in [0.25, 0.3) is 11.4 Å². The summed E-state index contributed by atoms with van der Waals surface area (Å²) >= 11 is 0. The number of carbonyl (C=O) groups excluding carboxylic acids is 1. The van der Waals surface area contributed by atoms with E-state index in [4.69, 9.17) is 9.26 Å². The van der Waals surface area contributed by atoms with Crippen LogP contribution in [0, 0.1) is 0 Å². The van der Waals surface area contributed by atoms with Crippen LogP contribution in [0.1, 0.15) is 38.5 Å². The summed E-state index contributed by atoms with van der Waals surface area (Å²) in [5, 5.41) is 13.4. The Morgan fingerprint density at radius 2 is 2.07 bits per heavy atom. The number of aromatic nitrogens is 2. The Morgan fingerprint density at radius 1 is 1.33 bits per heavy atom. The molecule has 0 spiro atoms. The van der Waals surface area contributed by atoms with Gasteiger partial charge in [0, 0.05) is 24.9 Å². The van der Waals surface area contributed by atoms with Gasteiger partial charge >= 0.3 is 5.97 Å². The summed E-state index contributed by atoms with van der Waals surface area (Å²) < 4.78 is 10.4. The summed E-state index contributed by atoms with van der Waals surface area (Å²) in [6.07, 6.45) is 2.44. The summed E-state index contributed by atoms with van der Waals surface area (Å²) in [4.78, 5) is 29.7. The minimum Gasteiger partial charge on any atom is -0.497 e. The lowest BCUT2D eigenvalue weighted by Crippen LogP contribution is -2.50. The summed E-state index contributed by atoms with van der Waals surface area (Å²) in [5.41, 5.74) is -0.278. The standard InChI is InChI=1S/C19H23N3O5/c1-19(18(24)25)11-4-12-22(19)16(23)6-3-5-15-20-17(21-27-15)13-7-9-14(26-2)10-8-13/h7-10H,3-6,11-12H2,1-2H3,(H,24,25). The second kappa shape index (κ2) is 7.77. The van der Waals surface area contributed by atoms with Gasteiger partial charge in [0.05, 0.1) is 7.11 Å². The van der Waals surface area contributed by atoms with Crippen molar-refractivity contribution >= 4 is 11.9 Å². The van der Waals surface area contributed by atoms with Crippen molar-refractivity contribution in [2.24, 2.45) is 0 Å². The van der Waals surface area contributed by atoms with Gasteiger partial charge in [0.2, 0.25) is 17.6 Å². The number of carbonyl (C=O) groups is 2. The molecule has 2 aromatic rings. The van der Waals surface area contributed by atoms with Gasteiger partial charge in [-0.25, -0.2) is 4.79 Å². The van der Waals surface area contributed by atoms with Crippen LogP contribution in [0.3, 0.4) is 0 Å². The molecule has 3 rings (SSSR count). The van der Waals surface area contributed by atoms with Gasteiger partial charge in [-0.05, 0) is 50.5 Å². The maximum Gasteiger partial charge on any atom is 0.329 e. The molecule has 1 fully saturated rings. The third kappa shape index (κ3) is 3.94. The van der Waals surface area contributed by atoms with E-state index in [1.807, 2.05) is 24.3 Å². The molecule has 27 heavy (non-hydrogen) atoms. The minimum absolute atomic E-state index is 0.146. The number of hydrogen-bond acceptors (Lipinski definition) is 6. The molecule has 0 aliphatic carbocycles. The van der Waals surface area contributed by atoms with Crippen molar-refractivity contribution in [3.8, 4) is 17.1 Å². The topological polar surface area (TPSA) is 106 Å². The van der Waals surface area contributed by atoms with Crippen molar-refractivity contribution in [3.63, 3.8) is 0 Å². The van der Waals surface area contributed by atoms with E-state index in [1.54, 1.807) is 14.0 Å². The normalized spacial score (nSPS) is 19.3. The number of carboxylic acids is 1. The highest BCUT2D eigenvalue weighted by Gasteiger charge is 2.45. The van der Waals surface area contributed by atoms with Crippen molar-refractivity contribution in [1.29, 1.82) is 0 Å². The summed E-state index contributed by atoms with van der Waals surface area (Å²) in [6, 6.07) is 7.33. The van der Waals surface area contributed by atoms with E-state index in [2.05, 4.69) is 10.1 Å². The van der Waals surface area contributed by atoms with E-state index in [0.717, 1.165) is 11.3 Å². The molecule has 1 saturated heterocycles. The molecule has 0 radical (unpaired) electrons. The van der Waals surface area contributed by atoms with Crippen LogP contribution >= 0.6 is 0 Å². The van der Waals surface area contributed by atoms with Crippen LogP contribution in [0.5, 0.6) is 5.75 Å². The number of aliphatic carboxylic acids is 1. The lowest BCUT2D eigenvalue weighted by Gasteiger charge is -2.31. The molecule has 2 heterocycles. The fourth-order valence-electron chi connectivity index (χ4n) is 3.32. The van der Waals surface area contributed by atoms with Crippen LogP contribution in [0.2, 0.25) is 0 Å². The molecule has 1 amide bonds. The van der Waals surface area contributed by atoms with Gasteiger partial charge in [0.25, 0.3) is 0 Å². The van der Waals surface area contributed by atoms with Gasteiger partial charge in [-0.2, -0.15) is 4.98 Å². The van der Waals surface area contributed by atoms with Crippen LogP contribution in [-0.4, -0.2) is 51.2 Å². The Kier molecular flexibility index (Phi) is 5.43. The lowest BCUT2D eigenvalue weighted by molar-refractivity contribution is -0.155. The lowest BCUT2D eigenvalue weighted by atomic mass is 9.99. The molecule has 8 nitrogen and oxygen atoms in total. The highest BCUT2D eigenvalue weighted by atomic mass is 16.5. The average molecular weight is 373 g/mol. The van der Waals surface area contributed by atoms with Gasteiger partial charge < -0.3 is 19.3 Å². The molecule has 0 saturated carbocycles. The molecule has 1 aromatic carbocycles. The second-order valence-electron chi connectivity index (χ2n) is 6.82. The number of rotatable bonds is 7. The Morgan fingerprint density at radius 3 is 2.74 bits per heavy atom. The van der Waals surface area contributed by atoms with E-state index in [9.17, 15) is 14.7 Å². The highest BCUT2D eigenvalue weighted by Crippen LogP contribution is 2.30. The highest BCUT2D eigenvalue weighted by molar-refractivity contribution is 5.87. The Bertz CT molecular complexity index is 817. The number of carboxylic acid groups (broad SMARTS) is 1. The zero-order valence-corrected chi connectivity index (χ0v) is 15.5. The van der Waals surface area contributed by atoms with E-state index in [-0.39, 0.29) is 12.3 Å². The third-order valence-corrected chi connectivity index (χ3v) is 5.00. The molecule has 1 unspecified atom stereocenters. The SMILES string of the molecule is COc1ccc(-c2noc(CCCC(=O)N3CCCC3(C)C(=O)O)n2)cc1. The molecule has 1 atom stereocenters. The van der Waals surface area contributed by atoms with E-state index in [0.29, 0.717) is 43.9 Å². The fourth-order valence-corrected chi connectivity index (χ4v) is 3.32. The molecule has 144 valence electrons. The number of methoxy groups -OCH3 is 1. The average Bonchev–Trinajstić information content (AvgIpc) is 3.29. The summed E-state index contributed by atoms with van der Waals surface area (Å²) in [6.45, 7) is 2.10. The van der Waals surface area contributed by atoms with Crippen molar-refractivity contribution < 1.29 is 24.0 Å². The van der Waals surface area contributed by atoms with Gasteiger partial charge in [-0.3, -0.25) is 4.79 Å². The molecule has 1 aliphatic heterocycles. The largest absolute Gasteiger partial charge is 0.497 e. The van der Waals surface area contributed by atoms with E-state index in [1.165, 1.54) is 4.90 Å². The van der Waals surface area contributed by atoms with Crippen LogP contribution < -0.4 is 4.74 Å². The molecule has 8 heteroatoms. The number of likely N-dealkylation sites (tertiary alicyclic amines) is 1. The van der Waals surface area contributed by atoms with Gasteiger partial charge in [-0.15, -0.1) is 0 Å². The maximum absolute atomic E-state index is 12.4. The predicted octanol–water partition coefficient (Wildman–Crippen LogP) is 2.53. The first-order valence-corrected chi connectivity index (χ1v) is 8.95. The van der Waals surface area contributed by atoms with Gasteiger partial charge in [0.15, 0.2) is 0 Å². The van der Waals surface area contributed by atoms with Crippen LogP contribution in [0.4, 0.5) is 0 Å². The number of nitrogens with zero attached hydrogens (tertiary/aromatic N) is 3. The quantitative estimate of drug-likeness (QED) is 0.795. The zero-order valence-electron chi connectivity index (χ0n) is 15.5. The molecular weight excluding hydrogens is 350 g/mol. The van der Waals surface area contributed by atoms with E-state index < -0.39 is 11.5 Å². The maximum atomic E-state index is 12.4. The number of aryl methyl sites for hydroxylation is 1. The van der Waals surface area contributed by atoms with E-state index >= 15 is 0 Å². The Balaban J connectivity index is 1.54. The van der Waals surface area contributed by atoms with Crippen molar-refractivity contribution in [1.82, 2.24) is 15.0 Å². The molecule has 1 N–H and O–H groups in total. The molecule has 1 aliphatic rings. The zero-order chi connectivity index (χ0) is 19.4. The monoisotopic (exact) mass is 373 g/mol. The smallest absolute Gasteiger partial charge is 0.329 e. The number of amides is 1. The van der Waals surface area contributed by atoms with Gasteiger partial charge in [0.1, 0.15) is 11.3 Å². The summed E-state index contributed by atoms with van der Waals surface area (Å²) in [7, 11) is 1.60. The number of benzene rings is 1. The molecular formula is C19H23N3O5. The number of ether oxygens (including phenoxy) is 1. The second-order valence-corrected chi connectivity index (χ2v) is 6.82.